The van der Waals surface area contributed by atoms with Gasteiger partial charge in [-0.1, -0.05) is 12.2 Å². The Balaban J connectivity index is 1.80. The molecule has 0 bridgehead atoms. The Labute approximate surface area is 76.1 Å². The van der Waals surface area contributed by atoms with Gasteiger partial charge < -0.3 is 0 Å². The molecule has 2 aliphatic rings. The first kappa shape index (κ1) is 8.34. The molecule has 0 aliphatic heterocycles. The summed E-state index contributed by atoms with van der Waals surface area (Å²) in [5, 5.41) is 0. The maximum absolute atomic E-state index is 4.06. The van der Waals surface area contributed by atoms with E-state index in [1.54, 1.807) is 0 Å². The molecule has 2 saturated carbocycles. The molecule has 0 N–H and O–H groups in total. The first-order valence-corrected chi connectivity index (χ1v) is 5.43. The molecule has 0 aromatic rings. The third kappa shape index (κ3) is 1.73. The van der Waals surface area contributed by atoms with Gasteiger partial charge in [0.15, 0.2) is 0 Å². The molecule has 12 heavy (non-hydrogen) atoms. The summed E-state index contributed by atoms with van der Waals surface area (Å²) in [7, 11) is 0. The van der Waals surface area contributed by atoms with Gasteiger partial charge in [0, 0.05) is 0 Å². The number of allylic oxidation sites excluding steroid dienone is 1. The first-order valence-electron chi connectivity index (χ1n) is 5.43. The molecule has 2 fully saturated rings. The van der Waals surface area contributed by atoms with E-state index in [0.29, 0.717) is 0 Å². The summed E-state index contributed by atoms with van der Waals surface area (Å²) >= 11 is 0. The van der Waals surface area contributed by atoms with E-state index in [9.17, 15) is 0 Å². The molecule has 0 heteroatoms. The van der Waals surface area contributed by atoms with Gasteiger partial charge in [0.1, 0.15) is 0 Å². The molecule has 0 spiro atoms. The monoisotopic (exact) mass is 164 g/mol. The molecule has 0 amide bonds. The van der Waals surface area contributed by atoms with Gasteiger partial charge in [-0.15, -0.1) is 0 Å². The summed E-state index contributed by atoms with van der Waals surface area (Å²) < 4.78 is 0. The molecule has 0 saturated heterocycles. The van der Waals surface area contributed by atoms with E-state index >= 15 is 0 Å². The lowest BCUT2D eigenvalue weighted by Crippen LogP contribution is -2.16. The van der Waals surface area contributed by atoms with Crippen LogP contribution in [0.2, 0.25) is 0 Å². The second-order valence-electron chi connectivity index (χ2n) is 4.80. The van der Waals surface area contributed by atoms with Crippen LogP contribution in [0.25, 0.3) is 0 Å². The van der Waals surface area contributed by atoms with Crippen LogP contribution in [0.1, 0.15) is 45.4 Å². The molecule has 0 aromatic heterocycles. The van der Waals surface area contributed by atoms with Crippen LogP contribution in [0.15, 0.2) is 12.2 Å². The summed E-state index contributed by atoms with van der Waals surface area (Å²) in [6.45, 7) is 6.26. The van der Waals surface area contributed by atoms with Crippen LogP contribution in [-0.2, 0) is 0 Å². The van der Waals surface area contributed by atoms with Gasteiger partial charge in [-0.25, -0.2) is 0 Å². The quantitative estimate of drug-likeness (QED) is 0.545. The van der Waals surface area contributed by atoms with Crippen LogP contribution in [0.5, 0.6) is 0 Å². The molecule has 68 valence electrons. The van der Waals surface area contributed by atoms with Crippen molar-refractivity contribution < 1.29 is 0 Å². The Morgan fingerprint density at radius 1 is 0.917 bits per heavy atom. The van der Waals surface area contributed by atoms with Crippen LogP contribution in [-0.4, -0.2) is 0 Å². The van der Waals surface area contributed by atoms with E-state index in [0.717, 1.165) is 17.8 Å². The van der Waals surface area contributed by atoms with Crippen molar-refractivity contribution in [3.63, 3.8) is 0 Å². The van der Waals surface area contributed by atoms with E-state index in [1.807, 2.05) is 0 Å². The first-order chi connectivity index (χ1) is 5.77. The highest BCUT2D eigenvalue weighted by Gasteiger charge is 2.33. The van der Waals surface area contributed by atoms with E-state index in [1.165, 1.54) is 44.1 Å². The Bertz CT molecular complexity index is 168. The third-order valence-corrected chi connectivity index (χ3v) is 3.76. The highest BCUT2D eigenvalue weighted by atomic mass is 14.4. The van der Waals surface area contributed by atoms with Gasteiger partial charge in [-0.2, -0.15) is 0 Å². The molecule has 0 heterocycles. The van der Waals surface area contributed by atoms with Crippen molar-refractivity contribution in [3.8, 4) is 0 Å². The van der Waals surface area contributed by atoms with E-state index in [-0.39, 0.29) is 0 Å². The van der Waals surface area contributed by atoms with E-state index in [4.69, 9.17) is 0 Å². The average molecular weight is 164 g/mol. The predicted octanol–water partition coefficient (Wildman–Crippen LogP) is 3.78. The fourth-order valence-corrected chi connectivity index (χ4v) is 2.65. The molecule has 0 atom stereocenters. The lowest BCUT2D eigenvalue weighted by molar-refractivity contribution is 0.275. The molecule has 2 rings (SSSR count). The fourth-order valence-electron chi connectivity index (χ4n) is 2.65. The minimum Gasteiger partial charge on any atom is -0.0999 e. The van der Waals surface area contributed by atoms with Crippen molar-refractivity contribution >= 4 is 0 Å². The van der Waals surface area contributed by atoms with Gasteiger partial charge in [0.05, 0.1) is 0 Å². The highest BCUT2D eigenvalue weighted by Crippen LogP contribution is 2.45. The van der Waals surface area contributed by atoms with Gasteiger partial charge in [0.25, 0.3) is 0 Å². The number of rotatable bonds is 2. The van der Waals surface area contributed by atoms with Gasteiger partial charge in [0.2, 0.25) is 0 Å². The van der Waals surface area contributed by atoms with Crippen LogP contribution in [0.4, 0.5) is 0 Å². The summed E-state index contributed by atoms with van der Waals surface area (Å²) in [6, 6.07) is 0. The largest absolute Gasteiger partial charge is 0.0999 e. The van der Waals surface area contributed by atoms with E-state index in [2.05, 4.69) is 13.5 Å². The van der Waals surface area contributed by atoms with Gasteiger partial charge in [-0.05, 0) is 63.2 Å². The molecular formula is C12H20. The maximum atomic E-state index is 4.06. The van der Waals surface area contributed by atoms with E-state index < -0.39 is 0 Å². The molecule has 0 nitrogen and oxygen atoms in total. The van der Waals surface area contributed by atoms with Crippen molar-refractivity contribution in [1.29, 1.82) is 0 Å². The zero-order valence-electron chi connectivity index (χ0n) is 8.18. The molecule has 2 aliphatic carbocycles. The second kappa shape index (κ2) is 3.24. The van der Waals surface area contributed by atoms with Crippen LogP contribution in [0, 0.1) is 17.8 Å². The van der Waals surface area contributed by atoms with Gasteiger partial charge in [-0.3, -0.25) is 0 Å². The SMILES string of the molecule is C=C(C)C1CCC(C2CC2)CC1. The van der Waals surface area contributed by atoms with Gasteiger partial charge >= 0.3 is 0 Å². The maximum Gasteiger partial charge on any atom is -0.0208 e. The minimum atomic E-state index is 0.861. The normalized spacial score (nSPS) is 36.4. The summed E-state index contributed by atoms with van der Waals surface area (Å²) in [5.74, 6) is 3.09. The minimum absolute atomic E-state index is 0.861. The fraction of sp³-hybridized carbons (Fsp3) is 0.833. The Morgan fingerprint density at radius 2 is 1.33 bits per heavy atom. The second-order valence-corrected chi connectivity index (χ2v) is 4.80. The Morgan fingerprint density at radius 3 is 1.67 bits per heavy atom. The summed E-state index contributed by atoms with van der Waals surface area (Å²) in [4.78, 5) is 0. The topological polar surface area (TPSA) is 0 Å². The van der Waals surface area contributed by atoms with Crippen LogP contribution >= 0.6 is 0 Å². The highest BCUT2D eigenvalue weighted by molar-refractivity contribution is 4.99. The third-order valence-electron chi connectivity index (χ3n) is 3.76. The molecule has 0 aromatic carbocycles. The Kier molecular flexibility index (Phi) is 2.25. The number of hydrogen-bond donors (Lipinski definition) is 0. The average Bonchev–Trinajstić information content (AvgIpc) is 2.87. The van der Waals surface area contributed by atoms with Crippen molar-refractivity contribution in [2.24, 2.45) is 17.8 Å². The lowest BCUT2D eigenvalue weighted by atomic mass is 9.77. The zero-order valence-corrected chi connectivity index (χ0v) is 8.18. The molecule has 0 radical (unpaired) electrons. The Hall–Kier alpha value is -0.260. The number of hydrogen-bond acceptors (Lipinski definition) is 0. The molecule has 0 unspecified atom stereocenters. The smallest absolute Gasteiger partial charge is 0.0208 e. The van der Waals surface area contributed by atoms with Crippen molar-refractivity contribution in [2.75, 3.05) is 0 Å². The zero-order chi connectivity index (χ0) is 8.55. The van der Waals surface area contributed by atoms with Crippen molar-refractivity contribution in [1.82, 2.24) is 0 Å². The molecular weight excluding hydrogens is 144 g/mol. The van der Waals surface area contributed by atoms with Crippen LogP contribution in [0.3, 0.4) is 0 Å². The van der Waals surface area contributed by atoms with Crippen LogP contribution < -0.4 is 0 Å². The lowest BCUT2D eigenvalue weighted by Gasteiger charge is -2.28. The standard InChI is InChI=1S/C12H20/c1-9(2)10-3-5-11(6-4-10)12-7-8-12/h10-12H,1,3-8H2,2H3. The summed E-state index contributed by atoms with van der Waals surface area (Å²) in [5.41, 5.74) is 1.42. The summed E-state index contributed by atoms with van der Waals surface area (Å²) in [6.07, 6.45) is 8.89. The van der Waals surface area contributed by atoms with Crippen molar-refractivity contribution in [2.45, 2.75) is 45.4 Å². The van der Waals surface area contributed by atoms with Crippen molar-refractivity contribution in [3.05, 3.63) is 12.2 Å². The predicted molar refractivity (Wildman–Crippen MR) is 53.0 cm³/mol.